The zero-order chi connectivity index (χ0) is 14.9. The lowest BCUT2D eigenvalue weighted by molar-refractivity contribution is -0.122. The second kappa shape index (κ2) is 5.55. The molecule has 1 aliphatic rings. The van der Waals surface area contributed by atoms with Crippen LogP contribution < -0.4 is 5.32 Å². The number of anilines is 1. The van der Waals surface area contributed by atoms with Crippen LogP contribution >= 0.6 is 11.3 Å². The third-order valence-corrected chi connectivity index (χ3v) is 5.90. The molecule has 1 N–H and O–H groups in total. The molecule has 0 spiro atoms. The second-order valence-electron chi connectivity index (χ2n) is 4.56. The van der Waals surface area contributed by atoms with Crippen molar-refractivity contribution in [1.29, 1.82) is 0 Å². The van der Waals surface area contributed by atoms with E-state index in [1.807, 2.05) is 0 Å². The van der Waals surface area contributed by atoms with E-state index in [0.717, 1.165) is 0 Å². The molecule has 8 heteroatoms. The fourth-order valence-corrected chi connectivity index (χ4v) is 4.30. The van der Waals surface area contributed by atoms with Gasteiger partial charge in [0.05, 0.1) is 4.90 Å². The first kappa shape index (κ1) is 14.2. The first-order chi connectivity index (χ1) is 10.1. The van der Waals surface area contributed by atoms with Gasteiger partial charge in [-0.1, -0.05) is 18.2 Å². The number of aromatic nitrogens is 1. The lowest BCUT2D eigenvalue weighted by Gasteiger charge is -2.38. The first-order valence-corrected chi connectivity index (χ1v) is 8.68. The van der Waals surface area contributed by atoms with Crippen LogP contribution in [0.25, 0.3) is 0 Å². The molecule has 1 atom stereocenters. The van der Waals surface area contributed by atoms with Gasteiger partial charge >= 0.3 is 0 Å². The molecular formula is C13H13N3O3S2. The van der Waals surface area contributed by atoms with Crippen molar-refractivity contribution >= 4 is 32.4 Å². The van der Waals surface area contributed by atoms with Crippen molar-refractivity contribution in [2.75, 3.05) is 11.9 Å². The van der Waals surface area contributed by atoms with Gasteiger partial charge in [-0.2, -0.15) is 4.31 Å². The summed E-state index contributed by atoms with van der Waals surface area (Å²) >= 11 is 1.30. The Hall–Kier alpha value is -1.77. The van der Waals surface area contributed by atoms with Crippen molar-refractivity contribution in [3.8, 4) is 0 Å². The van der Waals surface area contributed by atoms with Crippen LogP contribution in [0.3, 0.4) is 0 Å². The molecule has 0 radical (unpaired) electrons. The summed E-state index contributed by atoms with van der Waals surface area (Å²) in [5.74, 6) is -0.337. The third kappa shape index (κ3) is 2.69. The van der Waals surface area contributed by atoms with Crippen LogP contribution in [0.1, 0.15) is 6.42 Å². The van der Waals surface area contributed by atoms with E-state index in [1.165, 1.54) is 27.8 Å². The number of hydrogen-bond acceptors (Lipinski definition) is 5. The number of rotatable bonds is 4. The van der Waals surface area contributed by atoms with Crippen LogP contribution in [0.15, 0.2) is 46.8 Å². The van der Waals surface area contributed by atoms with Crippen LogP contribution in [-0.4, -0.2) is 36.2 Å². The van der Waals surface area contributed by atoms with Crippen molar-refractivity contribution in [3.63, 3.8) is 0 Å². The number of amides is 1. The Morgan fingerprint density at radius 1 is 1.33 bits per heavy atom. The molecule has 6 nitrogen and oxygen atoms in total. The number of hydrogen-bond donors (Lipinski definition) is 1. The highest BCUT2D eigenvalue weighted by Crippen LogP contribution is 2.27. The van der Waals surface area contributed by atoms with E-state index in [4.69, 9.17) is 0 Å². The molecule has 1 aromatic heterocycles. The summed E-state index contributed by atoms with van der Waals surface area (Å²) in [5.41, 5.74) is 0. The maximum Gasteiger partial charge on any atom is 0.244 e. The van der Waals surface area contributed by atoms with Crippen LogP contribution in [0.5, 0.6) is 0 Å². The van der Waals surface area contributed by atoms with Crippen molar-refractivity contribution < 1.29 is 13.2 Å². The third-order valence-electron chi connectivity index (χ3n) is 3.29. The highest BCUT2D eigenvalue weighted by molar-refractivity contribution is 7.89. The summed E-state index contributed by atoms with van der Waals surface area (Å²) in [7, 11) is -3.62. The van der Waals surface area contributed by atoms with Crippen LogP contribution in [0, 0.1) is 0 Å². The lowest BCUT2D eigenvalue weighted by Crippen LogP contribution is -2.56. The quantitative estimate of drug-likeness (QED) is 0.926. The van der Waals surface area contributed by atoms with Crippen LogP contribution in [-0.2, 0) is 14.8 Å². The smallest absolute Gasteiger partial charge is 0.244 e. The Labute approximate surface area is 126 Å². The number of carbonyl (C=O) groups excluding carboxylic acids is 1. The average Bonchev–Trinajstić information content (AvgIpc) is 2.90. The van der Waals surface area contributed by atoms with Gasteiger partial charge in [0.25, 0.3) is 0 Å². The number of carbonyl (C=O) groups is 1. The van der Waals surface area contributed by atoms with Crippen LogP contribution in [0.4, 0.5) is 5.13 Å². The second-order valence-corrected chi connectivity index (χ2v) is 7.34. The monoisotopic (exact) mass is 323 g/mol. The normalized spacial score (nSPS) is 19.0. The van der Waals surface area contributed by atoms with E-state index in [9.17, 15) is 13.2 Å². The molecule has 2 aromatic rings. The maximum atomic E-state index is 12.5. The van der Waals surface area contributed by atoms with E-state index < -0.39 is 16.1 Å². The molecule has 1 aromatic carbocycles. The largest absolute Gasteiger partial charge is 0.301 e. The lowest BCUT2D eigenvalue weighted by atomic mass is 10.1. The predicted molar refractivity (Wildman–Crippen MR) is 79.5 cm³/mol. The summed E-state index contributed by atoms with van der Waals surface area (Å²) in [4.78, 5) is 16.3. The molecule has 0 saturated carbocycles. The summed E-state index contributed by atoms with van der Waals surface area (Å²) < 4.78 is 26.2. The Kier molecular flexibility index (Phi) is 3.75. The highest BCUT2D eigenvalue weighted by atomic mass is 32.2. The van der Waals surface area contributed by atoms with Gasteiger partial charge in [-0.25, -0.2) is 13.4 Å². The van der Waals surface area contributed by atoms with Gasteiger partial charge in [-0.3, -0.25) is 4.79 Å². The molecule has 0 aliphatic carbocycles. The Morgan fingerprint density at radius 3 is 2.67 bits per heavy atom. The van der Waals surface area contributed by atoms with Gasteiger partial charge < -0.3 is 5.32 Å². The van der Waals surface area contributed by atoms with Gasteiger partial charge in [0.15, 0.2) is 5.13 Å². The number of nitrogens with zero attached hydrogens (tertiary/aromatic N) is 2. The number of benzene rings is 1. The van der Waals surface area contributed by atoms with E-state index in [2.05, 4.69) is 10.3 Å². The standard InChI is InChI=1S/C13H13N3O3S2/c17-12(15-13-14-7-9-20-13)11-6-8-16(11)21(18,19)10-4-2-1-3-5-10/h1-5,7,9,11H,6,8H2,(H,14,15,17)/t11-/m0/s1. The molecular weight excluding hydrogens is 310 g/mol. The summed E-state index contributed by atoms with van der Waals surface area (Å²) in [6.07, 6.45) is 2.10. The molecule has 1 saturated heterocycles. The molecule has 1 aliphatic heterocycles. The molecule has 1 fully saturated rings. The molecule has 21 heavy (non-hydrogen) atoms. The molecule has 2 heterocycles. The molecule has 1 amide bonds. The topological polar surface area (TPSA) is 79.4 Å². The van der Waals surface area contributed by atoms with E-state index in [1.54, 1.807) is 29.8 Å². The summed E-state index contributed by atoms with van der Waals surface area (Å²) in [5, 5.41) is 4.86. The minimum Gasteiger partial charge on any atom is -0.301 e. The minimum absolute atomic E-state index is 0.205. The zero-order valence-corrected chi connectivity index (χ0v) is 12.6. The van der Waals surface area contributed by atoms with Gasteiger partial charge in [0.1, 0.15) is 6.04 Å². The summed E-state index contributed by atoms with van der Waals surface area (Å²) in [6.45, 7) is 0.354. The molecule has 0 unspecified atom stereocenters. The fourth-order valence-electron chi connectivity index (χ4n) is 2.11. The first-order valence-electron chi connectivity index (χ1n) is 6.36. The van der Waals surface area contributed by atoms with E-state index >= 15 is 0 Å². The van der Waals surface area contributed by atoms with E-state index in [-0.39, 0.29) is 10.8 Å². The zero-order valence-electron chi connectivity index (χ0n) is 11.0. The molecule has 3 rings (SSSR count). The molecule has 0 bridgehead atoms. The maximum absolute atomic E-state index is 12.5. The number of thiazole rings is 1. The Bertz CT molecular complexity index is 729. The Morgan fingerprint density at radius 2 is 2.10 bits per heavy atom. The van der Waals surface area contributed by atoms with Gasteiger partial charge in [0.2, 0.25) is 15.9 Å². The van der Waals surface area contributed by atoms with Crippen molar-refractivity contribution in [3.05, 3.63) is 41.9 Å². The number of sulfonamides is 1. The summed E-state index contributed by atoms with van der Waals surface area (Å²) in [6, 6.07) is 7.47. The predicted octanol–water partition coefficient (Wildman–Crippen LogP) is 1.54. The van der Waals surface area contributed by atoms with E-state index in [0.29, 0.717) is 18.1 Å². The number of nitrogens with one attached hydrogen (secondary N) is 1. The van der Waals surface area contributed by atoms with Crippen LogP contribution in [0.2, 0.25) is 0 Å². The fraction of sp³-hybridized carbons (Fsp3) is 0.231. The van der Waals surface area contributed by atoms with Gasteiger partial charge in [-0.05, 0) is 18.6 Å². The molecule has 110 valence electrons. The SMILES string of the molecule is O=C(Nc1nccs1)[C@@H]1CCN1S(=O)(=O)c1ccccc1. The van der Waals surface area contributed by atoms with Crippen molar-refractivity contribution in [1.82, 2.24) is 9.29 Å². The van der Waals surface area contributed by atoms with Crippen molar-refractivity contribution in [2.24, 2.45) is 0 Å². The minimum atomic E-state index is -3.62. The van der Waals surface area contributed by atoms with Gasteiger partial charge in [0, 0.05) is 18.1 Å². The van der Waals surface area contributed by atoms with Crippen molar-refractivity contribution in [2.45, 2.75) is 17.4 Å². The highest BCUT2D eigenvalue weighted by Gasteiger charge is 2.42. The Balaban J connectivity index is 1.76. The van der Waals surface area contributed by atoms with Gasteiger partial charge in [-0.15, -0.1) is 11.3 Å². The average molecular weight is 323 g/mol.